The van der Waals surface area contributed by atoms with Gasteiger partial charge in [0.2, 0.25) is 0 Å². The number of rotatable bonds is 2. The molecule has 0 bridgehead atoms. The Morgan fingerprint density at radius 3 is 2.69 bits per heavy atom. The second kappa shape index (κ2) is 4.80. The second-order valence-electron chi connectivity index (χ2n) is 4.31. The van der Waals surface area contributed by atoms with Crippen LogP contribution in [0.1, 0.15) is 58.8 Å². The molecule has 0 saturated carbocycles. The highest BCUT2D eigenvalue weighted by Crippen LogP contribution is 2.28. The highest BCUT2D eigenvalue weighted by atomic mass is 16.3. The summed E-state index contributed by atoms with van der Waals surface area (Å²) in [7, 11) is 0. The molecule has 1 atom stereocenters. The highest BCUT2D eigenvalue weighted by Gasteiger charge is 2.22. The molecule has 1 aliphatic carbocycles. The number of aliphatic hydroxyl groups is 1. The number of hydrogen-bond donors (Lipinski definition) is 1. The average Bonchev–Trinajstić information content (AvgIpc) is 2.03. The third-order valence-corrected chi connectivity index (χ3v) is 3.17. The van der Waals surface area contributed by atoms with E-state index in [1.165, 1.54) is 31.3 Å². The minimum atomic E-state index is -0.544. The van der Waals surface area contributed by atoms with Crippen molar-refractivity contribution in [3.05, 3.63) is 11.6 Å². The SMILES string of the molecule is CCC(C)(O)C1=CCCCCCC1. The van der Waals surface area contributed by atoms with Crippen molar-refractivity contribution in [2.24, 2.45) is 0 Å². The number of hydrogen-bond acceptors (Lipinski definition) is 1. The summed E-state index contributed by atoms with van der Waals surface area (Å²) in [4.78, 5) is 0. The maximum absolute atomic E-state index is 10.1. The lowest BCUT2D eigenvalue weighted by Crippen LogP contribution is -2.26. The van der Waals surface area contributed by atoms with E-state index in [-0.39, 0.29) is 0 Å². The first-order valence-electron chi connectivity index (χ1n) is 5.58. The van der Waals surface area contributed by atoms with Crippen molar-refractivity contribution < 1.29 is 5.11 Å². The molecule has 1 unspecified atom stereocenters. The first kappa shape index (κ1) is 10.8. The smallest absolute Gasteiger partial charge is 0.0826 e. The van der Waals surface area contributed by atoms with Crippen molar-refractivity contribution in [2.45, 2.75) is 64.4 Å². The first-order chi connectivity index (χ1) is 6.17. The summed E-state index contributed by atoms with van der Waals surface area (Å²) in [5, 5.41) is 10.1. The molecule has 0 spiro atoms. The summed E-state index contributed by atoms with van der Waals surface area (Å²) in [5.41, 5.74) is 0.729. The van der Waals surface area contributed by atoms with Crippen molar-refractivity contribution in [3.63, 3.8) is 0 Å². The molecule has 76 valence electrons. The lowest BCUT2D eigenvalue weighted by Gasteiger charge is -2.26. The van der Waals surface area contributed by atoms with E-state index in [2.05, 4.69) is 13.0 Å². The molecule has 0 aliphatic heterocycles. The molecule has 0 aromatic rings. The van der Waals surface area contributed by atoms with Gasteiger partial charge in [-0.15, -0.1) is 0 Å². The van der Waals surface area contributed by atoms with E-state index in [1.807, 2.05) is 6.92 Å². The molecular weight excluding hydrogens is 160 g/mol. The van der Waals surface area contributed by atoms with Gasteiger partial charge in [-0.25, -0.2) is 0 Å². The van der Waals surface area contributed by atoms with Crippen LogP contribution in [0.4, 0.5) is 0 Å². The van der Waals surface area contributed by atoms with E-state index in [0.717, 1.165) is 19.3 Å². The highest BCUT2D eigenvalue weighted by molar-refractivity contribution is 5.15. The molecule has 0 amide bonds. The molecule has 0 radical (unpaired) electrons. The van der Waals surface area contributed by atoms with Crippen LogP contribution in [0.5, 0.6) is 0 Å². The Morgan fingerprint density at radius 2 is 2.00 bits per heavy atom. The van der Waals surface area contributed by atoms with Crippen molar-refractivity contribution in [1.82, 2.24) is 0 Å². The Labute approximate surface area is 81.9 Å². The van der Waals surface area contributed by atoms with Gasteiger partial charge in [-0.2, -0.15) is 0 Å². The van der Waals surface area contributed by atoms with Gasteiger partial charge in [0.05, 0.1) is 5.60 Å². The van der Waals surface area contributed by atoms with Crippen molar-refractivity contribution >= 4 is 0 Å². The zero-order valence-corrected chi connectivity index (χ0v) is 8.97. The van der Waals surface area contributed by atoms with E-state index in [0.29, 0.717) is 0 Å². The quantitative estimate of drug-likeness (QED) is 0.649. The van der Waals surface area contributed by atoms with Crippen molar-refractivity contribution in [1.29, 1.82) is 0 Å². The van der Waals surface area contributed by atoms with E-state index in [4.69, 9.17) is 0 Å². The summed E-state index contributed by atoms with van der Waals surface area (Å²) in [5.74, 6) is 0. The second-order valence-corrected chi connectivity index (χ2v) is 4.31. The Hall–Kier alpha value is -0.300. The Morgan fingerprint density at radius 1 is 1.31 bits per heavy atom. The molecule has 1 nitrogen and oxygen atoms in total. The van der Waals surface area contributed by atoms with E-state index < -0.39 is 5.60 Å². The molecule has 1 N–H and O–H groups in total. The molecule has 0 aromatic heterocycles. The van der Waals surface area contributed by atoms with Crippen LogP contribution < -0.4 is 0 Å². The van der Waals surface area contributed by atoms with Gasteiger partial charge in [0.15, 0.2) is 0 Å². The van der Waals surface area contributed by atoms with Crippen molar-refractivity contribution in [3.8, 4) is 0 Å². The fourth-order valence-electron chi connectivity index (χ4n) is 1.91. The van der Waals surface area contributed by atoms with Crippen LogP contribution in [0.2, 0.25) is 0 Å². The van der Waals surface area contributed by atoms with Crippen LogP contribution >= 0.6 is 0 Å². The lowest BCUT2D eigenvalue weighted by molar-refractivity contribution is 0.0895. The molecule has 1 rings (SSSR count). The predicted molar refractivity (Wildman–Crippen MR) is 56.7 cm³/mol. The molecule has 13 heavy (non-hydrogen) atoms. The normalized spacial score (nSPS) is 24.1. The predicted octanol–water partition coefficient (Wildman–Crippen LogP) is 3.43. The molecule has 1 aliphatic rings. The molecule has 0 saturated heterocycles. The summed E-state index contributed by atoms with van der Waals surface area (Å²) in [6.45, 7) is 4.00. The van der Waals surface area contributed by atoms with Gasteiger partial charge in [0, 0.05) is 0 Å². The van der Waals surface area contributed by atoms with Gasteiger partial charge in [0.1, 0.15) is 0 Å². The van der Waals surface area contributed by atoms with Crippen molar-refractivity contribution in [2.75, 3.05) is 0 Å². The molecule has 0 aromatic carbocycles. The maximum atomic E-state index is 10.1. The molecule has 0 fully saturated rings. The monoisotopic (exact) mass is 182 g/mol. The zero-order chi connectivity index (χ0) is 9.73. The van der Waals surface area contributed by atoms with Gasteiger partial charge in [-0.3, -0.25) is 0 Å². The van der Waals surface area contributed by atoms with Gasteiger partial charge < -0.3 is 5.11 Å². The Balaban J connectivity index is 2.63. The van der Waals surface area contributed by atoms with Crippen LogP contribution in [0.3, 0.4) is 0 Å². The standard InChI is InChI=1S/C12H22O/c1-3-12(2,13)11-9-7-5-4-6-8-10-11/h9,13H,3-8,10H2,1-2H3. The summed E-state index contributed by atoms with van der Waals surface area (Å²) >= 11 is 0. The van der Waals surface area contributed by atoms with Crippen LogP contribution in [-0.2, 0) is 0 Å². The van der Waals surface area contributed by atoms with Gasteiger partial charge in [0.25, 0.3) is 0 Å². The van der Waals surface area contributed by atoms with Crippen LogP contribution in [0, 0.1) is 0 Å². The third-order valence-electron chi connectivity index (χ3n) is 3.17. The molecule has 1 heteroatoms. The maximum Gasteiger partial charge on any atom is 0.0826 e. The average molecular weight is 182 g/mol. The number of allylic oxidation sites excluding steroid dienone is 1. The first-order valence-corrected chi connectivity index (χ1v) is 5.58. The minimum Gasteiger partial charge on any atom is -0.386 e. The Bertz CT molecular complexity index is 180. The zero-order valence-electron chi connectivity index (χ0n) is 8.97. The molecule has 0 heterocycles. The lowest BCUT2D eigenvalue weighted by atomic mass is 9.86. The topological polar surface area (TPSA) is 20.2 Å². The third kappa shape index (κ3) is 3.15. The fraction of sp³-hybridized carbons (Fsp3) is 0.833. The van der Waals surface area contributed by atoms with Gasteiger partial charge in [-0.05, 0) is 44.6 Å². The van der Waals surface area contributed by atoms with E-state index >= 15 is 0 Å². The van der Waals surface area contributed by atoms with E-state index in [1.54, 1.807) is 0 Å². The fourth-order valence-corrected chi connectivity index (χ4v) is 1.91. The minimum absolute atomic E-state index is 0.544. The van der Waals surface area contributed by atoms with Gasteiger partial charge >= 0.3 is 0 Å². The van der Waals surface area contributed by atoms with Gasteiger partial charge in [-0.1, -0.05) is 25.8 Å². The molecular formula is C12H22O. The van der Waals surface area contributed by atoms with Crippen LogP contribution in [0.15, 0.2) is 11.6 Å². The summed E-state index contributed by atoms with van der Waals surface area (Å²) in [6.07, 6.45) is 10.6. The van der Waals surface area contributed by atoms with E-state index in [9.17, 15) is 5.11 Å². The Kier molecular flexibility index (Phi) is 3.98. The summed E-state index contributed by atoms with van der Waals surface area (Å²) < 4.78 is 0. The summed E-state index contributed by atoms with van der Waals surface area (Å²) in [6, 6.07) is 0. The van der Waals surface area contributed by atoms with Crippen LogP contribution in [0.25, 0.3) is 0 Å². The largest absolute Gasteiger partial charge is 0.386 e. The van der Waals surface area contributed by atoms with Crippen LogP contribution in [-0.4, -0.2) is 10.7 Å².